The Morgan fingerprint density at radius 3 is 1.50 bits per heavy atom. The lowest BCUT2D eigenvalue weighted by molar-refractivity contribution is 1.69. The minimum atomic E-state index is 1.27. The molecule has 2 aromatic heterocycles. The van der Waals surface area contributed by atoms with Crippen LogP contribution in [0.4, 0.5) is 0 Å². The van der Waals surface area contributed by atoms with Crippen LogP contribution in [0, 0.1) is 0 Å². The molecule has 0 aliphatic heterocycles. The zero-order valence-electron chi connectivity index (χ0n) is 25.8. The molecule has 0 aliphatic rings. The Morgan fingerprint density at radius 1 is 0.292 bits per heavy atom. The molecule has 2 heterocycles. The summed E-state index contributed by atoms with van der Waals surface area (Å²) in [7, 11) is 0. The van der Waals surface area contributed by atoms with Gasteiger partial charge < -0.3 is 0 Å². The maximum atomic E-state index is 2.45. The molecule has 0 saturated heterocycles. The monoisotopic (exact) mass is 642 g/mol. The third-order valence-electron chi connectivity index (χ3n) is 10.2. The first-order valence-electron chi connectivity index (χ1n) is 16.4. The topological polar surface area (TPSA) is 0 Å². The summed E-state index contributed by atoms with van der Waals surface area (Å²) in [5.41, 5.74) is 5.17. The highest BCUT2D eigenvalue weighted by molar-refractivity contribution is 7.28. The van der Waals surface area contributed by atoms with Gasteiger partial charge in [0.2, 0.25) is 0 Å². The Hall–Kier alpha value is -5.54. The molecule has 0 fully saturated rings. The highest BCUT2D eigenvalue weighted by Gasteiger charge is 2.20. The molecule has 0 radical (unpaired) electrons. The van der Waals surface area contributed by atoms with E-state index in [2.05, 4.69) is 158 Å². The van der Waals surface area contributed by atoms with Crippen LogP contribution >= 0.6 is 22.7 Å². The van der Waals surface area contributed by atoms with E-state index in [0.717, 1.165) is 0 Å². The number of rotatable bonds is 2. The van der Waals surface area contributed by atoms with Crippen LogP contribution in [0.1, 0.15) is 0 Å². The van der Waals surface area contributed by atoms with Gasteiger partial charge in [0, 0.05) is 40.3 Å². The summed E-state index contributed by atoms with van der Waals surface area (Å²) in [6.45, 7) is 0. The molecule has 0 atom stereocenters. The van der Waals surface area contributed by atoms with Crippen LogP contribution < -0.4 is 0 Å². The van der Waals surface area contributed by atoms with Crippen molar-refractivity contribution in [2.45, 2.75) is 0 Å². The van der Waals surface area contributed by atoms with Crippen molar-refractivity contribution >= 4 is 106 Å². The summed E-state index contributed by atoms with van der Waals surface area (Å²) in [4.78, 5) is 0. The van der Waals surface area contributed by atoms with E-state index in [1.54, 1.807) is 0 Å². The molecule has 2 heteroatoms. The first-order valence-corrected chi connectivity index (χ1v) is 18.1. The molecule has 11 rings (SSSR count). The van der Waals surface area contributed by atoms with Crippen LogP contribution in [0.3, 0.4) is 0 Å². The molecule has 0 nitrogen and oxygen atoms in total. The highest BCUT2D eigenvalue weighted by Crippen LogP contribution is 2.49. The van der Waals surface area contributed by atoms with E-state index < -0.39 is 0 Å². The van der Waals surface area contributed by atoms with Crippen molar-refractivity contribution < 1.29 is 0 Å². The average Bonchev–Trinajstić information content (AvgIpc) is 3.69. The summed E-state index contributed by atoms with van der Waals surface area (Å²) in [6, 6.07) is 58.8. The molecular weight excluding hydrogens is 617 g/mol. The SMILES string of the molecule is c1ccc2cc3c(cc2c1)sc1ccc2sc4cc(-c5c6ccccc6c(-c6cccc7ccccc67)c6ccccc56)ccc4c2c13. The lowest BCUT2D eigenvalue weighted by Gasteiger charge is -2.18. The van der Waals surface area contributed by atoms with E-state index >= 15 is 0 Å². The molecule has 0 aliphatic carbocycles. The number of thiophene rings is 2. The number of fused-ring (bicyclic) bond motifs is 11. The third-order valence-corrected chi connectivity index (χ3v) is 12.5. The normalized spacial score (nSPS) is 12.2. The van der Waals surface area contributed by atoms with Crippen molar-refractivity contribution in [1.29, 1.82) is 0 Å². The van der Waals surface area contributed by atoms with Crippen LogP contribution in [0.5, 0.6) is 0 Å². The zero-order valence-corrected chi connectivity index (χ0v) is 27.5. The predicted molar refractivity (Wildman–Crippen MR) is 213 cm³/mol. The maximum absolute atomic E-state index is 2.45. The Labute approximate surface area is 284 Å². The standard InChI is InChI=1S/C46H26S2/c1-2-12-29-25-42-38(24-28(29)11-1)46-40(48-42)23-22-39-45(46)37-21-20-30(26-41(37)47-39)43-33-15-5-7-17-35(33)44(36-18-8-6-16-34(36)43)32-19-9-13-27-10-3-4-14-31(27)32/h1-26H. The van der Waals surface area contributed by atoms with Gasteiger partial charge in [-0.05, 0) is 95.7 Å². The van der Waals surface area contributed by atoms with Crippen LogP contribution in [0.25, 0.3) is 106 Å². The highest BCUT2D eigenvalue weighted by atomic mass is 32.1. The molecular formula is C46H26S2. The van der Waals surface area contributed by atoms with E-state index in [1.165, 1.54) is 106 Å². The van der Waals surface area contributed by atoms with Gasteiger partial charge in [0.15, 0.2) is 0 Å². The molecule has 0 saturated carbocycles. The second-order valence-corrected chi connectivity index (χ2v) is 15.0. The van der Waals surface area contributed by atoms with E-state index in [0.29, 0.717) is 0 Å². The average molecular weight is 643 g/mol. The summed E-state index contributed by atoms with van der Waals surface area (Å²) in [5.74, 6) is 0. The molecule has 0 spiro atoms. The van der Waals surface area contributed by atoms with Crippen molar-refractivity contribution in [3.05, 3.63) is 158 Å². The first kappa shape index (κ1) is 26.5. The summed E-state index contributed by atoms with van der Waals surface area (Å²) < 4.78 is 5.40. The van der Waals surface area contributed by atoms with Gasteiger partial charge in [-0.1, -0.05) is 127 Å². The lowest BCUT2D eigenvalue weighted by atomic mass is 9.84. The molecule has 0 unspecified atom stereocenters. The Balaban J connectivity index is 1.20. The van der Waals surface area contributed by atoms with Gasteiger partial charge in [0.25, 0.3) is 0 Å². The second kappa shape index (κ2) is 9.98. The lowest BCUT2D eigenvalue weighted by Crippen LogP contribution is -1.91. The van der Waals surface area contributed by atoms with Crippen molar-refractivity contribution in [3.8, 4) is 22.3 Å². The zero-order chi connectivity index (χ0) is 31.3. The van der Waals surface area contributed by atoms with Gasteiger partial charge in [0.1, 0.15) is 0 Å². The van der Waals surface area contributed by atoms with Gasteiger partial charge in [-0.15, -0.1) is 22.7 Å². The second-order valence-electron chi connectivity index (χ2n) is 12.8. The summed E-state index contributed by atoms with van der Waals surface area (Å²) in [5, 5.41) is 15.8. The van der Waals surface area contributed by atoms with E-state index in [1.807, 2.05) is 22.7 Å². The van der Waals surface area contributed by atoms with Crippen molar-refractivity contribution in [2.75, 3.05) is 0 Å². The van der Waals surface area contributed by atoms with Gasteiger partial charge in [-0.25, -0.2) is 0 Å². The molecule has 0 bridgehead atoms. The number of benzene rings is 9. The van der Waals surface area contributed by atoms with Gasteiger partial charge >= 0.3 is 0 Å². The molecule has 0 N–H and O–H groups in total. The Kier molecular flexibility index (Phi) is 5.51. The first-order chi connectivity index (χ1) is 23.8. The van der Waals surface area contributed by atoms with Crippen LogP contribution in [0.2, 0.25) is 0 Å². The molecule has 11 aromatic rings. The third kappa shape index (κ3) is 3.70. The van der Waals surface area contributed by atoms with Crippen LogP contribution in [0.15, 0.2) is 158 Å². The minimum Gasteiger partial charge on any atom is -0.135 e. The fraction of sp³-hybridized carbons (Fsp3) is 0. The minimum absolute atomic E-state index is 1.27. The maximum Gasteiger partial charge on any atom is 0.0362 e. The predicted octanol–water partition coefficient (Wildman–Crippen LogP) is 14.4. The number of hydrogen-bond acceptors (Lipinski definition) is 2. The Bertz CT molecular complexity index is 3060. The summed E-state index contributed by atoms with van der Waals surface area (Å²) in [6.07, 6.45) is 0. The number of hydrogen-bond donors (Lipinski definition) is 0. The van der Waals surface area contributed by atoms with Crippen molar-refractivity contribution in [1.82, 2.24) is 0 Å². The smallest absolute Gasteiger partial charge is 0.0362 e. The largest absolute Gasteiger partial charge is 0.135 e. The van der Waals surface area contributed by atoms with Crippen LogP contribution in [-0.2, 0) is 0 Å². The summed E-state index contributed by atoms with van der Waals surface area (Å²) >= 11 is 3.83. The van der Waals surface area contributed by atoms with Gasteiger partial charge in [-0.3, -0.25) is 0 Å². The fourth-order valence-electron chi connectivity index (χ4n) is 8.15. The van der Waals surface area contributed by atoms with E-state index in [9.17, 15) is 0 Å². The quantitative estimate of drug-likeness (QED) is 0.165. The van der Waals surface area contributed by atoms with E-state index in [-0.39, 0.29) is 0 Å². The molecule has 48 heavy (non-hydrogen) atoms. The van der Waals surface area contributed by atoms with Gasteiger partial charge in [0.05, 0.1) is 0 Å². The molecule has 9 aromatic carbocycles. The van der Waals surface area contributed by atoms with Crippen molar-refractivity contribution in [3.63, 3.8) is 0 Å². The molecule has 222 valence electrons. The van der Waals surface area contributed by atoms with Gasteiger partial charge in [-0.2, -0.15) is 0 Å². The van der Waals surface area contributed by atoms with Crippen LogP contribution in [-0.4, -0.2) is 0 Å². The fourth-order valence-corrected chi connectivity index (χ4v) is 10.4. The molecule has 0 amide bonds. The Morgan fingerprint density at radius 2 is 0.812 bits per heavy atom. The van der Waals surface area contributed by atoms with E-state index in [4.69, 9.17) is 0 Å². The van der Waals surface area contributed by atoms with Crippen molar-refractivity contribution in [2.24, 2.45) is 0 Å².